The zero-order valence-electron chi connectivity index (χ0n) is 13.6. The van der Waals surface area contributed by atoms with Crippen molar-refractivity contribution in [2.45, 2.75) is 50.8 Å². The Balaban J connectivity index is 1.55. The predicted octanol–water partition coefficient (Wildman–Crippen LogP) is 2.37. The van der Waals surface area contributed by atoms with E-state index in [1.165, 1.54) is 6.42 Å². The van der Waals surface area contributed by atoms with Gasteiger partial charge in [-0.05, 0) is 31.7 Å². The standard InChI is InChI=1S/C18H26N2O3/c1-2-23-16-11-15(18(16)9-6-10-18)20-17(22)19-14(12-21)13-7-4-3-5-8-13/h3-5,7-8,14-16,21H,2,6,9-12H2,1H3,(H2,19,20,22)/t14-,15+,16+/m0/s1. The Morgan fingerprint density at radius 3 is 2.70 bits per heavy atom. The van der Waals surface area contributed by atoms with E-state index in [1.54, 1.807) is 0 Å². The maximum absolute atomic E-state index is 12.3. The largest absolute Gasteiger partial charge is 0.394 e. The number of hydrogen-bond acceptors (Lipinski definition) is 3. The van der Waals surface area contributed by atoms with E-state index in [1.807, 2.05) is 37.3 Å². The van der Waals surface area contributed by atoms with Gasteiger partial charge in [0, 0.05) is 18.1 Å². The van der Waals surface area contributed by atoms with Crippen LogP contribution in [0.3, 0.4) is 0 Å². The van der Waals surface area contributed by atoms with Crippen molar-refractivity contribution in [1.82, 2.24) is 10.6 Å². The maximum atomic E-state index is 12.3. The maximum Gasteiger partial charge on any atom is 0.315 e. The first kappa shape index (κ1) is 16.3. The van der Waals surface area contributed by atoms with Crippen LogP contribution in [-0.2, 0) is 4.74 Å². The number of aliphatic hydroxyl groups excluding tert-OH is 1. The molecule has 3 atom stereocenters. The lowest BCUT2D eigenvalue weighted by Crippen LogP contribution is -2.68. The summed E-state index contributed by atoms with van der Waals surface area (Å²) in [5, 5.41) is 15.5. The summed E-state index contributed by atoms with van der Waals surface area (Å²) < 4.78 is 5.81. The van der Waals surface area contributed by atoms with Crippen molar-refractivity contribution in [1.29, 1.82) is 0 Å². The van der Waals surface area contributed by atoms with Crippen LogP contribution in [0.2, 0.25) is 0 Å². The minimum Gasteiger partial charge on any atom is -0.394 e. The van der Waals surface area contributed by atoms with Gasteiger partial charge in [-0.15, -0.1) is 0 Å². The van der Waals surface area contributed by atoms with E-state index in [9.17, 15) is 9.90 Å². The molecule has 23 heavy (non-hydrogen) atoms. The van der Waals surface area contributed by atoms with Gasteiger partial charge in [-0.25, -0.2) is 4.79 Å². The fraction of sp³-hybridized carbons (Fsp3) is 0.611. The molecule has 0 unspecified atom stereocenters. The second-order valence-corrected chi connectivity index (χ2v) is 6.58. The normalized spacial score (nSPS) is 26.0. The van der Waals surface area contributed by atoms with Crippen LogP contribution >= 0.6 is 0 Å². The number of aliphatic hydroxyl groups is 1. The number of ether oxygens (including phenoxy) is 1. The summed E-state index contributed by atoms with van der Waals surface area (Å²) in [5.74, 6) is 0. The zero-order valence-corrected chi connectivity index (χ0v) is 13.6. The van der Waals surface area contributed by atoms with Crippen LogP contribution in [0.5, 0.6) is 0 Å². The summed E-state index contributed by atoms with van der Waals surface area (Å²) in [6, 6.07) is 9.13. The molecule has 0 aromatic heterocycles. The Morgan fingerprint density at radius 2 is 2.13 bits per heavy atom. The summed E-state index contributed by atoms with van der Waals surface area (Å²) in [7, 11) is 0. The summed E-state index contributed by atoms with van der Waals surface area (Å²) >= 11 is 0. The average Bonchev–Trinajstić information content (AvgIpc) is 2.50. The molecule has 126 valence electrons. The highest BCUT2D eigenvalue weighted by Gasteiger charge is 2.59. The van der Waals surface area contributed by atoms with Gasteiger partial charge in [0.05, 0.1) is 18.8 Å². The number of carbonyl (C=O) groups is 1. The Hall–Kier alpha value is -1.59. The van der Waals surface area contributed by atoms with Crippen molar-refractivity contribution in [2.75, 3.05) is 13.2 Å². The number of nitrogens with one attached hydrogen (secondary N) is 2. The van der Waals surface area contributed by atoms with E-state index in [-0.39, 0.29) is 36.2 Å². The number of carbonyl (C=O) groups excluding carboxylic acids is 1. The molecule has 2 amide bonds. The molecule has 3 N–H and O–H groups in total. The van der Waals surface area contributed by atoms with E-state index >= 15 is 0 Å². The first-order valence-corrected chi connectivity index (χ1v) is 8.54. The van der Waals surface area contributed by atoms with Gasteiger partial charge >= 0.3 is 6.03 Å². The zero-order chi connectivity index (χ0) is 16.3. The molecule has 0 radical (unpaired) electrons. The second-order valence-electron chi connectivity index (χ2n) is 6.58. The Bertz CT molecular complexity index is 530. The first-order chi connectivity index (χ1) is 11.2. The van der Waals surface area contributed by atoms with Crippen LogP contribution in [0.4, 0.5) is 4.79 Å². The molecule has 2 aliphatic carbocycles. The Labute approximate surface area is 137 Å². The number of amides is 2. The fourth-order valence-electron chi connectivity index (χ4n) is 3.92. The van der Waals surface area contributed by atoms with Crippen LogP contribution in [-0.4, -0.2) is 36.5 Å². The smallest absolute Gasteiger partial charge is 0.315 e. The summed E-state index contributed by atoms with van der Waals surface area (Å²) in [5.41, 5.74) is 1.05. The molecule has 5 nitrogen and oxygen atoms in total. The van der Waals surface area contributed by atoms with Gasteiger partial charge in [-0.2, -0.15) is 0 Å². The monoisotopic (exact) mass is 318 g/mol. The minimum atomic E-state index is -0.378. The Kier molecular flexibility index (Phi) is 4.87. The lowest BCUT2D eigenvalue weighted by molar-refractivity contribution is -0.169. The van der Waals surface area contributed by atoms with Crippen LogP contribution < -0.4 is 10.6 Å². The van der Waals surface area contributed by atoms with Crippen molar-refractivity contribution < 1.29 is 14.6 Å². The summed E-state index contributed by atoms with van der Waals surface area (Å²) in [4.78, 5) is 12.3. The van der Waals surface area contributed by atoms with Gasteiger partial charge in [-0.1, -0.05) is 36.8 Å². The number of urea groups is 1. The number of hydrogen-bond donors (Lipinski definition) is 3. The van der Waals surface area contributed by atoms with Crippen molar-refractivity contribution in [3.63, 3.8) is 0 Å². The molecule has 1 spiro atoms. The molecule has 5 heteroatoms. The molecule has 3 rings (SSSR count). The Morgan fingerprint density at radius 1 is 1.39 bits per heavy atom. The molecule has 0 saturated heterocycles. The summed E-state index contributed by atoms with van der Waals surface area (Å²) in [6.07, 6.45) is 4.65. The van der Waals surface area contributed by atoms with E-state index in [4.69, 9.17) is 4.74 Å². The van der Waals surface area contributed by atoms with Gasteiger partial charge in [0.15, 0.2) is 0 Å². The van der Waals surface area contributed by atoms with Crippen LogP contribution in [0.25, 0.3) is 0 Å². The summed E-state index contributed by atoms with van der Waals surface area (Å²) in [6.45, 7) is 2.63. The van der Waals surface area contributed by atoms with Gasteiger partial charge in [0.2, 0.25) is 0 Å². The predicted molar refractivity (Wildman–Crippen MR) is 88.0 cm³/mol. The molecule has 2 aliphatic rings. The van der Waals surface area contributed by atoms with E-state index in [0.717, 1.165) is 31.4 Å². The third kappa shape index (κ3) is 3.08. The molecule has 1 aromatic carbocycles. The van der Waals surface area contributed by atoms with E-state index < -0.39 is 0 Å². The molecular weight excluding hydrogens is 292 g/mol. The van der Waals surface area contributed by atoms with Crippen molar-refractivity contribution in [3.05, 3.63) is 35.9 Å². The minimum absolute atomic E-state index is 0.116. The quantitative estimate of drug-likeness (QED) is 0.754. The molecule has 2 fully saturated rings. The highest BCUT2D eigenvalue weighted by molar-refractivity contribution is 5.75. The third-order valence-electron chi connectivity index (χ3n) is 5.43. The van der Waals surface area contributed by atoms with Gasteiger partial charge in [0.1, 0.15) is 0 Å². The lowest BCUT2D eigenvalue weighted by atomic mass is 9.51. The highest BCUT2D eigenvalue weighted by atomic mass is 16.5. The van der Waals surface area contributed by atoms with Crippen LogP contribution in [0.1, 0.15) is 44.2 Å². The van der Waals surface area contributed by atoms with Gasteiger partial charge < -0.3 is 20.5 Å². The lowest BCUT2D eigenvalue weighted by Gasteiger charge is -2.60. The van der Waals surface area contributed by atoms with Crippen molar-refractivity contribution in [2.24, 2.45) is 5.41 Å². The fourth-order valence-corrected chi connectivity index (χ4v) is 3.92. The highest BCUT2D eigenvalue weighted by Crippen LogP contribution is 2.57. The van der Waals surface area contributed by atoms with E-state index in [0.29, 0.717) is 0 Å². The molecular formula is C18H26N2O3. The second kappa shape index (κ2) is 6.89. The van der Waals surface area contributed by atoms with Gasteiger partial charge in [0.25, 0.3) is 0 Å². The van der Waals surface area contributed by atoms with Crippen LogP contribution in [0, 0.1) is 5.41 Å². The number of rotatable bonds is 6. The third-order valence-corrected chi connectivity index (χ3v) is 5.43. The molecule has 0 heterocycles. The molecule has 1 aromatic rings. The van der Waals surface area contributed by atoms with Crippen molar-refractivity contribution in [3.8, 4) is 0 Å². The van der Waals surface area contributed by atoms with Crippen molar-refractivity contribution >= 4 is 6.03 Å². The average molecular weight is 318 g/mol. The topological polar surface area (TPSA) is 70.6 Å². The SMILES string of the molecule is CCO[C@@H]1C[C@@H](NC(=O)N[C@@H](CO)c2ccccc2)C12CCC2. The first-order valence-electron chi connectivity index (χ1n) is 8.54. The molecule has 0 aliphatic heterocycles. The van der Waals surface area contributed by atoms with Gasteiger partial charge in [-0.3, -0.25) is 0 Å². The molecule has 0 bridgehead atoms. The number of benzene rings is 1. The van der Waals surface area contributed by atoms with E-state index in [2.05, 4.69) is 10.6 Å². The molecule has 2 saturated carbocycles. The van der Waals surface area contributed by atoms with Crippen LogP contribution in [0.15, 0.2) is 30.3 Å².